The summed E-state index contributed by atoms with van der Waals surface area (Å²) in [5.74, 6) is 2.20. The van der Waals surface area contributed by atoms with Crippen LogP contribution in [0.25, 0.3) is 11.1 Å². The van der Waals surface area contributed by atoms with Crippen LogP contribution in [0.15, 0.2) is 53.5 Å². The zero-order chi connectivity index (χ0) is 26.8. The summed E-state index contributed by atoms with van der Waals surface area (Å²) in [4.78, 5) is 24.3. The van der Waals surface area contributed by atoms with E-state index in [4.69, 9.17) is 14.5 Å². The van der Waals surface area contributed by atoms with Crippen molar-refractivity contribution in [3.8, 4) is 11.1 Å². The van der Waals surface area contributed by atoms with Gasteiger partial charge in [-0.15, -0.1) is 0 Å². The molecule has 1 N–H and O–H groups in total. The molecule has 1 aliphatic carbocycles. The molecule has 3 aromatic heterocycles. The summed E-state index contributed by atoms with van der Waals surface area (Å²) in [5.41, 5.74) is 7.48. The second-order valence-electron chi connectivity index (χ2n) is 10.9. The molecule has 0 spiro atoms. The Morgan fingerprint density at radius 2 is 1.95 bits per heavy atom. The summed E-state index contributed by atoms with van der Waals surface area (Å²) < 4.78 is 7.44. The molecular formula is C31H36N6O2. The maximum Gasteiger partial charge on any atom is 0.252 e. The van der Waals surface area contributed by atoms with Gasteiger partial charge in [0.2, 0.25) is 0 Å². The van der Waals surface area contributed by atoms with Gasteiger partial charge in [0.15, 0.2) is 6.39 Å². The van der Waals surface area contributed by atoms with Crippen molar-refractivity contribution in [2.24, 2.45) is 5.92 Å². The van der Waals surface area contributed by atoms with Gasteiger partial charge in [-0.2, -0.15) is 5.10 Å². The molecule has 0 saturated heterocycles. The first-order valence-corrected chi connectivity index (χ1v) is 14.1. The molecule has 202 valence electrons. The number of oxazole rings is 1. The van der Waals surface area contributed by atoms with Gasteiger partial charge in [0, 0.05) is 47.7 Å². The van der Waals surface area contributed by atoms with E-state index < -0.39 is 0 Å². The van der Waals surface area contributed by atoms with E-state index in [0.717, 1.165) is 53.6 Å². The van der Waals surface area contributed by atoms with Crippen molar-refractivity contribution in [1.29, 1.82) is 0 Å². The summed E-state index contributed by atoms with van der Waals surface area (Å²) in [6, 6.07) is 10.3. The number of carbonyl (C=O) groups excluding carboxylic acids is 1. The van der Waals surface area contributed by atoms with Crippen LogP contribution < -0.4 is 10.2 Å². The van der Waals surface area contributed by atoms with Crippen LogP contribution in [0.5, 0.6) is 0 Å². The van der Waals surface area contributed by atoms with Crippen LogP contribution >= 0.6 is 0 Å². The van der Waals surface area contributed by atoms with Gasteiger partial charge >= 0.3 is 0 Å². The molecule has 0 radical (unpaired) electrons. The number of rotatable bonds is 7. The third-order valence-electron chi connectivity index (χ3n) is 8.37. The highest BCUT2D eigenvalue weighted by molar-refractivity contribution is 5.96. The van der Waals surface area contributed by atoms with Crippen LogP contribution in [-0.2, 0) is 26.1 Å². The predicted molar refractivity (Wildman–Crippen MR) is 150 cm³/mol. The van der Waals surface area contributed by atoms with Crippen LogP contribution in [0.3, 0.4) is 0 Å². The van der Waals surface area contributed by atoms with E-state index in [1.165, 1.54) is 49.8 Å². The lowest BCUT2D eigenvalue weighted by molar-refractivity contribution is 0.0947. The zero-order valence-corrected chi connectivity index (χ0v) is 22.8. The lowest BCUT2D eigenvalue weighted by atomic mass is 9.89. The number of anilines is 1. The smallest absolute Gasteiger partial charge is 0.252 e. The third kappa shape index (κ3) is 5.33. The molecule has 4 aromatic rings. The van der Waals surface area contributed by atoms with Crippen molar-refractivity contribution in [3.05, 3.63) is 83.0 Å². The molecule has 1 amide bonds. The summed E-state index contributed by atoms with van der Waals surface area (Å²) in [5, 5.41) is 7.71. The van der Waals surface area contributed by atoms with Gasteiger partial charge in [-0.3, -0.25) is 9.48 Å². The number of benzene rings is 1. The minimum atomic E-state index is -0.106. The topological polar surface area (TPSA) is 89.1 Å². The van der Waals surface area contributed by atoms with Crippen LogP contribution in [0.4, 0.5) is 5.82 Å². The standard InChI is InChI=1S/C31H36N6O2/c1-21-26(28-17-34-37(22(28)2)18-23-7-4-3-5-8-23)11-12-30(35-21)36-14-13-24-9-6-10-27(29(24)19-36)31(38)33-16-25-15-32-20-39-25/h6,9-12,15,17,20,23H,3-5,7-8,13-14,16,18-19H2,1-2H3,(H,33,38). The Kier molecular flexibility index (Phi) is 7.18. The number of amides is 1. The lowest BCUT2D eigenvalue weighted by Crippen LogP contribution is -2.34. The highest BCUT2D eigenvalue weighted by atomic mass is 16.3. The SMILES string of the molecule is Cc1nc(N2CCc3cccc(C(=O)NCc4cnco4)c3C2)ccc1-c1cnn(CC2CCCCC2)c1C. The fourth-order valence-corrected chi connectivity index (χ4v) is 6.10. The molecule has 1 fully saturated rings. The summed E-state index contributed by atoms with van der Waals surface area (Å²) >= 11 is 0. The minimum Gasteiger partial charge on any atom is -0.447 e. The second kappa shape index (κ2) is 11.0. The van der Waals surface area contributed by atoms with E-state index in [1.54, 1.807) is 6.20 Å². The molecule has 2 aliphatic rings. The number of fused-ring (bicyclic) bond motifs is 1. The first kappa shape index (κ1) is 25.3. The number of aromatic nitrogens is 4. The van der Waals surface area contributed by atoms with E-state index in [2.05, 4.69) is 51.9 Å². The quantitative estimate of drug-likeness (QED) is 0.337. The third-order valence-corrected chi connectivity index (χ3v) is 8.37. The molecule has 0 unspecified atom stereocenters. The molecule has 1 saturated carbocycles. The first-order valence-electron chi connectivity index (χ1n) is 14.1. The van der Waals surface area contributed by atoms with Gasteiger partial charge in [-0.25, -0.2) is 9.97 Å². The van der Waals surface area contributed by atoms with Gasteiger partial charge in [-0.05, 0) is 68.4 Å². The van der Waals surface area contributed by atoms with Gasteiger partial charge < -0.3 is 14.6 Å². The van der Waals surface area contributed by atoms with Crippen molar-refractivity contribution in [2.45, 2.75) is 72.0 Å². The van der Waals surface area contributed by atoms with E-state index in [9.17, 15) is 4.79 Å². The van der Waals surface area contributed by atoms with Gasteiger partial charge in [0.05, 0.1) is 18.9 Å². The van der Waals surface area contributed by atoms with E-state index in [-0.39, 0.29) is 5.91 Å². The Hall–Kier alpha value is -3.94. The Morgan fingerprint density at radius 1 is 1.08 bits per heavy atom. The lowest BCUT2D eigenvalue weighted by Gasteiger charge is -2.31. The van der Waals surface area contributed by atoms with E-state index >= 15 is 0 Å². The molecular weight excluding hydrogens is 488 g/mol. The average molecular weight is 525 g/mol. The fourth-order valence-electron chi connectivity index (χ4n) is 6.10. The number of nitrogens with one attached hydrogen (secondary N) is 1. The average Bonchev–Trinajstić information content (AvgIpc) is 3.62. The summed E-state index contributed by atoms with van der Waals surface area (Å²) in [7, 11) is 0. The number of aryl methyl sites for hydroxylation is 1. The van der Waals surface area contributed by atoms with Crippen molar-refractivity contribution >= 4 is 11.7 Å². The highest BCUT2D eigenvalue weighted by Gasteiger charge is 2.24. The number of pyridine rings is 1. The Morgan fingerprint density at radius 3 is 2.74 bits per heavy atom. The Bertz CT molecular complexity index is 1450. The number of hydrogen-bond acceptors (Lipinski definition) is 6. The van der Waals surface area contributed by atoms with E-state index in [0.29, 0.717) is 24.4 Å². The monoisotopic (exact) mass is 524 g/mol. The Balaban J connectivity index is 1.18. The molecule has 39 heavy (non-hydrogen) atoms. The maximum atomic E-state index is 13.1. The van der Waals surface area contributed by atoms with Gasteiger partial charge in [0.25, 0.3) is 5.91 Å². The summed E-state index contributed by atoms with van der Waals surface area (Å²) in [6.45, 7) is 7.08. The van der Waals surface area contributed by atoms with Crippen LogP contribution in [0.2, 0.25) is 0 Å². The Labute approximate surface area is 229 Å². The molecule has 0 bridgehead atoms. The van der Waals surface area contributed by atoms with Crippen molar-refractivity contribution < 1.29 is 9.21 Å². The number of carbonyl (C=O) groups is 1. The number of nitrogens with zero attached hydrogens (tertiary/aromatic N) is 5. The molecule has 4 heterocycles. The molecule has 0 atom stereocenters. The molecule has 8 nitrogen and oxygen atoms in total. The maximum absolute atomic E-state index is 13.1. The second-order valence-corrected chi connectivity index (χ2v) is 10.9. The largest absolute Gasteiger partial charge is 0.447 e. The van der Waals surface area contributed by atoms with Crippen molar-refractivity contribution in [3.63, 3.8) is 0 Å². The van der Waals surface area contributed by atoms with Crippen LogP contribution in [0, 0.1) is 19.8 Å². The molecule has 8 heteroatoms. The van der Waals surface area contributed by atoms with Crippen molar-refractivity contribution in [1.82, 2.24) is 25.1 Å². The van der Waals surface area contributed by atoms with Crippen LogP contribution in [0.1, 0.15) is 70.7 Å². The molecule has 6 rings (SSSR count). The van der Waals surface area contributed by atoms with E-state index in [1.807, 2.05) is 18.3 Å². The predicted octanol–water partition coefficient (Wildman–Crippen LogP) is 5.62. The van der Waals surface area contributed by atoms with Gasteiger partial charge in [-0.1, -0.05) is 31.4 Å². The number of hydrogen-bond donors (Lipinski definition) is 1. The molecule has 1 aromatic carbocycles. The van der Waals surface area contributed by atoms with Crippen LogP contribution in [-0.4, -0.2) is 32.2 Å². The van der Waals surface area contributed by atoms with Crippen molar-refractivity contribution in [2.75, 3.05) is 11.4 Å². The minimum absolute atomic E-state index is 0.106. The normalized spacial score (nSPS) is 15.8. The highest BCUT2D eigenvalue weighted by Crippen LogP contribution is 2.32. The molecule has 1 aliphatic heterocycles. The summed E-state index contributed by atoms with van der Waals surface area (Å²) in [6.07, 6.45) is 12.5. The zero-order valence-electron chi connectivity index (χ0n) is 22.8. The first-order chi connectivity index (χ1) is 19.1. The fraction of sp³-hybridized carbons (Fsp3) is 0.419. The van der Waals surface area contributed by atoms with Gasteiger partial charge in [0.1, 0.15) is 11.6 Å².